The summed E-state index contributed by atoms with van der Waals surface area (Å²) < 4.78 is 0. The molecule has 0 fully saturated rings. The van der Waals surface area contributed by atoms with Crippen molar-refractivity contribution in [3.05, 3.63) is 48.0 Å². The van der Waals surface area contributed by atoms with Crippen LogP contribution < -0.4 is 5.90 Å². The minimum Gasteiger partial charge on any atom is -0.266 e. The Hall–Kier alpha value is -0.870. The zero-order valence-corrected chi connectivity index (χ0v) is 11.3. The minimum absolute atomic E-state index is 0. The molecular formula is C13H16ClNOS. The summed E-state index contributed by atoms with van der Waals surface area (Å²) in [6.07, 6.45) is 0. The molecule has 4 heteroatoms. The van der Waals surface area contributed by atoms with Crippen molar-refractivity contribution in [1.29, 1.82) is 0 Å². The average Bonchev–Trinajstić information content (AvgIpc) is 2.35. The van der Waals surface area contributed by atoms with E-state index in [1.165, 1.54) is 16.3 Å². The normalized spacial score (nSPS) is 11.8. The van der Waals surface area contributed by atoms with Crippen molar-refractivity contribution in [3.8, 4) is 0 Å². The molecule has 2 aromatic rings. The molecule has 92 valence electrons. The van der Waals surface area contributed by atoms with Crippen LogP contribution in [0.15, 0.2) is 42.5 Å². The average molecular weight is 270 g/mol. The molecule has 0 aliphatic rings. The highest BCUT2D eigenvalue weighted by atomic mass is 35.5. The number of hydrogen-bond donors (Lipinski definition) is 2. The Bertz CT molecular complexity index is 522. The summed E-state index contributed by atoms with van der Waals surface area (Å²) in [5, 5.41) is 3.43. The number of benzene rings is 2. The first kappa shape index (κ1) is 14.2. The van der Waals surface area contributed by atoms with Gasteiger partial charge >= 0.3 is 0 Å². The predicted octanol–water partition coefficient (Wildman–Crippen LogP) is 3.27. The molecule has 0 atom stereocenters. The molecule has 0 aliphatic heterocycles. The fourth-order valence-electron chi connectivity index (χ4n) is 1.66. The van der Waals surface area contributed by atoms with E-state index in [0.717, 1.165) is 22.2 Å². The lowest BCUT2D eigenvalue weighted by Gasteiger charge is -2.04. The second kappa shape index (κ2) is 6.77. The number of nitrogens with two attached hydrogens (primary N) is 1. The number of thiol groups is 1. The Labute approximate surface area is 111 Å². The van der Waals surface area contributed by atoms with Gasteiger partial charge in [0.25, 0.3) is 0 Å². The molecule has 2 rings (SSSR count). The third kappa shape index (κ3) is 3.54. The smallest absolute Gasteiger partial charge is 0.0932 e. The molecule has 0 spiro atoms. The van der Waals surface area contributed by atoms with Crippen LogP contribution in [0, 0.1) is 0 Å². The van der Waals surface area contributed by atoms with Crippen molar-refractivity contribution in [2.75, 3.05) is 0 Å². The summed E-state index contributed by atoms with van der Waals surface area (Å²) in [6.45, 7) is 1.90. The van der Waals surface area contributed by atoms with E-state index in [4.69, 9.17) is 5.90 Å². The third-order valence-electron chi connectivity index (χ3n) is 2.52. The second-order valence-electron chi connectivity index (χ2n) is 3.59. The highest BCUT2D eigenvalue weighted by molar-refractivity contribution is 7.97. The predicted molar refractivity (Wildman–Crippen MR) is 79.8 cm³/mol. The lowest BCUT2D eigenvalue weighted by atomic mass is 10.1. The number of rotatable bonds is 2. The molecule has 0 unspecified atom stereocenters. The molecule has 0 saturated carbocycles. The van der Waals surface area contributed by atoms with Gasteiger partial charge in [0.2, 0.25) is 0 Å². The van der Waals surface area contributed by atoms with E-state index in [0.29, 0.717) is 0 Å². The van der Waals surface area contributed by atoms with Gasteiger partial charge < -0.3 is 0 Å². The molecule has 0 aromatic heterocycles. The number of fused-ring (bicyclic) bond motifs is 1. The van der Waals surface area contributed by atoms with Gasteiger partial charge in [0.1, 0.15) is 0 Å². The Kier molecular flexibility index (Phi) is 5.65. The summed E-state index contributed by atoms with van der Waals surface area (Å²) in [7, 11) is 0. The van der Waals surface area contributed by atoms with Crippen LogP contribution in [0.1, 0.15) is 12.5 Å². The Morgan fingerprint density at radius 1 is 1.18 bits per heavy atom. The maximum Gasteiger partial charge on any atom is 0.0932 e. The van der Waals surface area contributed by atoms with Crippen molar-refractivity contribution in [2.45, 2.75) is 12.7 Å². The van der Waals surface area contributed by atoms with Crippen molar-refractivity contribution in [3.63, 3.8) is 0 Å². The van der Waals surface area contributed by atoms with Gasteiger partial charge in [-0.1, -0.05) is 42.5 Å². The van der Waals surface area contributed by atoms with Gasteiger partial charge in [-0.2, -0.15) is 11.4 Å². The van der Waals surface area contributed by atoms with Gasteiger partial charge in [-0.15, -0.1) is 12.4 Å². The SMILES string of the molecule is CC(ON)=[SH]Cc1cccc2ccccc12.Cl. The Morgan fingerprint density at radius 3 is 2.65 bits per heavy atom. The molecule has 0 amide bonds. The summed E-state index contributed by atoms with van der Waals surface area (Å²) in [5.41, 5.74) is 1.33. The van der Waals surface area contributed by atoms with E-state index in [1.807, 2.05) is 6.92 Å². The van der Waals surface area contributed by atoms with Gasteiger partial charge in [-0.25, -0.2) is 5.90 Å². The van der Waals surface area contributed by atoms with E-state index >= 15 is 0 Å². The molecule has 0 aliphatic carbocycles. The molecule has 0 bridgehead atoms. The highest BCUT2D eigenvalue weighted by Crippen LogP contribution is 2.20. The lowest BCUT2D eigenvalue weighted by molar-refractivity contribution is 0.327. The second-order valence-corrected chi connectivity index (χ2v) is 4.85. The van der Waals surface area contributed by atoms with Crippen LogP contribution in [-0.2, 0) is 10.6 Å². The zero-order valence-electron chi connectivity index (χ0n) is 9.59. The first-order valence-corrected chi connectivity index (χ1v) is 6.23. The van der Waals surface area contributed by atoms with E-state index in [2.05, 4.69) is 47.3 Å². The molecule has 2 nitrogen and oxygen atoms in total. The maximum atomic E-state index is 5.10. The van der Waals surface area contributed by atoms with Gasteiger partial charge in [-0.3, -0.25) is 4.84 Å². The van der Waals surface area contributed by atoms with Crippen LogP contribution in [0.5, 0.6) is 0 Å². The molecule has 2 aromatic carbocycles. The monoisotopic (exact) mass is 269 g/mol. The summed E-state index contributed by atoms with van der Waals surface area (Å²) in [6, 6.07) is 14.8. The Balaban J connectivity index is 0.00000144. The fraction of sp³-hybridized carbons (Fsp3) is 0.154. The van der Waals surface area contributed by atoms with Crippen LogP contribution in [0.4, 0.5) is 0 Å². The fourth-order valence-corrected chi connectivity index (χ4v) is 2.41. The topological polar surface area (TPSA) is 35.2 Å². The molecular weight excluding hydrogens is 254 g/mol. The summed E-state index contributed by atoms with van der Waals surface area (Å²) in [4.78, 5) is 4.69. The molecule has 2 N–H and O–H groups in total. The van der Waals surface area contributed by atoms with Crippen LogP contribution in [0.25, 0.3) is 10.8 Å². The first-order chi connectivity index (χ1) is 7.81. The Morgan fingerprint density at radius 2 is 1.88 bits per heavy atom. The maximum absolute atomic E-state index is 5.10. The first-order valence-electron chi connectivity index (χ1n) is 5.15. The van der Waals surface area contributed by atoms with Gasteiger partial charge in [0.15, 0.2) is 0 Å². The molecule has 0 saturated heterocycles. The van der Waals surface area contributed by atoms with Crippen molar-refractivity contribution >= 4 is 39.6 Å². The minimum atomic E-state index is 0. The molecule has 17 heavy (non-hydrogen) atoms. The molecule has 0 radical (unpaired) electrons. The van der Waals surface area contributed by atoms with Crippen LogP contribution >= 0.6 is 23.8 Å². The zero-order chi connectivity index (χ0) is 11.4. The van der Waals surface area contributed by atoms with Crippen LogP contribution in [0.2, 0.25) is 0 Å². The number of hydrogen-bond acceptors (Lipinski definition) is 2. The van der Waals surface area contributed by atoms with E-state index in [1.54, 1.807) is 0 Å². The van der Waals surface area contributed by atoms with E-state index in [-0.39, 0.29) is 12.4 Å². The van der Waals surface area contributed by atoms with Crippen LogP contribution in [-0.4, -0.2) is 5.05 Å². The van der Waals surface area contributed by atoms with Crippen LogP contribution in [0.3, 0.4) is 0 Å². The van der Waals surface area contributed by atoms with Crippen molar-refractivity contribution in [1.82, 2.24) is 0 Å². The third-order valence-corrected chi connectivity index (χ3v) is 3.57. The van der Waals surface area contributed by atoms with Gasteiger partial charge in [-0.05, 0) is 23.3 Å². The van der Waals surface area contributed by atoms with E-state index in [9.17, 15) is 0 Å². The lowest BCUT2D eigenvalue weighted by Crippen LogP contribution is -2.03. The van der Waals surface area contributed by atoms with Gasteiger partial charge in [0.05, 0.1) is 5.05 Å². The standard InChI is InChI=1S/C13H15NOS.ClH/c1-10(15-14)16-9-12-7-4-6-11-5-2-3-8-13(11)12;/h2-8,16H,9,14H2,1H3;1H. The highest BCUT2D eigenvalue weighted by Gasteiger charge is 1.98. The van der Waals surface area contributed by atoms with Crippen molar-refractivity contribution < 1.29 is 4.84 Å². The number of halogens is 1. The molecule has 0 heterocycles. The summed E-state index contributed by atoms with van der Waals surface area (Å²) >= 11 is 1.11. The van der Waals surface area contributed by atoms with E-state index < -0.39 is 0 Å². The summed E-state index contributed by atoms with van der Waals surface area (Å²) in [5.74, 6) is 6.04. The largest absolute Gasteiger partial charge is 0.266 e. The van der Waals surface area contributed by atoms with Crippen molar-refractivity contribution in [2.24, 2.45) is 5.90 Å². The quantitative estimate of drug-likeness (QED) is 0.499. The van der Waals surface area contributed by atoms with Gasteiger partial charge in [0, 0.05) is 5.75 Å².